The number of carbonyl (C=O) groups is 1. The summed E-state index contributed by atoms with van der Waals surface area (Å²) < 4.78 is 34.3. The van der Waals surface area contributed by atoms with Gasteiger partial charge in [-0.05, 0) is 30.4 Å². The molecule has 0 saturated heterocycles. The molecule has 0 unspecified atom stereocenters. The first-order chi connectivity index (χ1) is 12.8. The topological polar surface area (TPSA) is 109 Å². The first kappa shape index (κ1) is 21.1. The lowest BCUT2D eigenvalue weighted by atomic mass is 10.2. The summed E-state index contributed by atoms with van der Waals surface area (Å²) in [5.74, 6) is 0.313. The van der Waals surface area contributed by atoms with Crippen LogP contribution in [0, 0.1) is 4.77 Å². The fraction of sp³-hybridized carbons (Fsp3) is 0.438. The van der Waals surface area contributed by atoms with Crippen molar-refractivity contribution in [2.75, 3.05) is 20.2 Å². The number of aromatic nitrogens is 3. The third-order valence-corrected chi connectivity index (χ3v) is 6.56. The second-order valence-corrected chi connectivity index (χ2v) is 7.93. The second kappa shape index (κ2) is 8.63. The molecule has 0 aliphatic carbocycles. The number of methoxy groups -OCH3 is 1. The number of hydrogen-bond donors (Lipinski definition) is 2. The molecule has 0 spiro atoms. The number of carbonyl (C=O) groups excluding carboxylic acids is 1. The predicted molar refractivity (Wildman–Crippen MR) is 103 cm³/mol. The van der Waals surface area contributed by atoms with Crippen LogP contribution in [0.2, 0.25) is 0 Å². The van der Waals surface area contributed by atoms with E-state index in [1.807, 2.05) is 0 Å². The van der Waals surface area contributed by atoms with Gasteiger partial charge in [0.15, 0.2) is 10.6 Å². The molecule has 0 aliphatic rings. The summed E-state index contributed by atoms with van der Waals surface area (Å²) in [6.07, 6.45) is 0. The van der Waals surface area contributed by atoms with Crippen LogP contribution in [0.5, 0.6) is 5.75 Å². The molecular weight excluding hydrogens is 390 g/mol. The van der Waals surface area contributed by atoms with Gasteiger partial charge >= 0.3 is 0 Å². The van der Waals surface area contributed by atoms with E-state index >= 15 is 0 Å². The lowest BCUT2D eigenvalue weighted by Crippen LogP contribution is -2.31. The highest BCUT2D eigenvalue weighted by Gasteiger charge is 2.26. The van der Waals surface area contributed by atoms with Crippen LogP contribution in [-0.2, 0) is 23.6 Å². The molecule has 2 rings (SSSR count). The Balaban J connectivity index is 2.31. The Bertz CT molecular complexity index is 977. The molecule has 1 aromatic heterocycles. The first-order valence-corrected chi connectivity index (χ1v) is 10.2. The SMILES string of the molecule is CCN(CC)S(=O)(=O)c1cc(C(=O)NCc2n[nH]c(=S)n2C)ccc1OC. The number of hydrogen-bond acceptors (Lipinski definition) is 6. The molecule has 1 amide bonds. The van der Waals surface area contributed by atoms with Crippen molar-refractivity contribution in [1.82, 2.24) is 24.4 Å². The molecule has 0 radical (unpaired) electrons. The molecule has 9 nitrogen and oxygen atoms in total. The van der Waals surface area contributed by atoms with Crippen LogP contribution in [0.25, 0.3) is 0 Å². The number of sulfonamides is 1. The fourth-order valence-electron chi connectivity index (χ4n) is 2.52. The van der Waals surface area contributed by atoms with Crippen LogP contribution in [0.1, 0.15) is 30.0 Å². The monoisotopic (exact) mass is 413 g/mol. The third-order valence-electron chi connectivity index (χ3n) is 4.13. The van der Waals surface area contributed by atoms with E-state index in [0.717, 1.165) is 0 Å². The number of H-pyrrole nitrogens is 1. The van der Waals surface area contributed by atoms with E-state index in [4.69, 9.17) is 17.0 Å². The highest BCUT2D eigenvalue weighted by atomic mass is 32.2. The predicted octanol–water partition coefficient (Wildman–Crippen LogP) is 1.45. The standard InChI is InChI=1S/C16H23N5O4S2/c1-5-21(6-2)27(23,24)13-9-11(7-8-12(13)25-4)15(22)17-10-14-18-19-16(26)20(14)3/h7-9H,5-6,10H2,1-4H3,(H,17,22)(H,19,26). The second-order valence-electron chi connectivity index (χ2n) is 5.64. The molecular formula is C16H23N5O4S2. The normalized spacial score (nSPS) is 11.6. The number of nitrogens with zero attached hydrogens (tertiary/aromatic N) is 3. The summed E-state index contributed by atoms with van der Waals surface area (Å²) in [4.78, 5) is 12.4. The van der Waals surface area contributed by atoms with E-state index < -0.39 is 15.9 Å². The molecule has 2 N–H and O–H groups in total. The highest BCUT2D eigenvalue weighted by Crippen LogP contribution is 2.27. The molecule has 0 atom stereocenters. The summed E-state index contributed by atoms with van der Waals surface area (Å²) in [6.45, 7) is 4.28. The zero-order valence-electron chi connectivity index (χ0n) is 15.6. The molecule has 0 bridgehead atoms. The number of aromatic amines is 1. The minimum atomic E-state index is -3.78. The first-order valence-electron chi connectivity index (χ1n) is 8.32. The van der Waals surface area contributed by atoms with Crippen LogP contribution in [0.3, 0.4) is 0 Å². The van der Waals surface area contributed by atoms with Gasteiger partial charge in [0.25, 0.3) is 5.91 Å². The van der Waals surface area contributed by atoms with Gasteiger partial charge in [0, 0.05) is 25.7 Å². The Kier molecular flexibility index (Phi) is 6.73. The van der Waals surface area contributed by atoms with Crippen molar-refractivity contribution in [2.24, 2.45) is 7.05 Å². The van der Waals surface area contributed by atoms with Crippen molar-refractivity contribution in [3.63, 3.8) is 0 Å². The third kappa shape index (κ3) is 4.37. The number of amides is 1. The molecule has 27 heavy (non-hydrogen) atoms. The average molecular weight is 414 g/mol. The molecule has 0 fully saturated rings. The smallest absolute Gasteiger partial charge is 0.251 e. The Morgan fingerprint density at radius 1 is 1.37 bits per heavy atom. The molecule has 1 heterocycles. The molecule has 2 aromatic rings. The van der Waals surface area contributed by atoms with Gasteiger partial charge in [-0.1, -0.05) is 13.8 Å². The molecule has 0 saturated carbocycles. The number of rotatable bonds is 8. The maximum atomic E-state index is 12.9. The van der Waals surface area contributed by atoms with Crippen molar-refractivity contribution in [2.45, 2.75) is 25.3 Å². The number of benzene rings is 1. The van der Waals surface area contributed by atoms with Gasteiger partial charge in [-0.25, -0.2) is 8.42 Å². The summed E-state index contributed by atoms with van der Waals surface area (Å²) in [5, 5.41) is 9.36. The minimum Gasteiger partial charge on any atom is -0.495 e. The van der Waals surface area contributed by atoms with Crippen molar-refractivity contribution in [3.8, 4) is 5.75 Å². The quantitative estimate of drug-likeness (QED) is 0.634. The van der Waals surface area contributed by atoms with Crippen molar-refractivity contribution < 1.29 is 17.9 Å². The largest absolute Gasteiger partial charge is 0.495 e. The minimum absolute atomic E-state index is 0.0421. The van der Waals surface area contributed by atoms with Gasteiger partial charge in [0.2, 0.25) is 10.0 Å². The van der Waals surface area contributed by atoms with Crippen LogP contribution in [0.4, 0.5) is 0 Å². The van der Waals surface area contributed by atoms with Crippen LogP contribution >= 0.6 is 12.2 Å². The zero-order valence-corrected chi connectivity index (χ0v) is 17.3. The Morgan fingerprint density at radius 2 is 2.04 bits per heavy atom. The van der Waals surface area contributed by atoms with Gasteiger partial charge in [-0.3, -0.25) is 9.89 Å². The molecule has 11 heteroatoms. The molecule has 148 valence electrons. The van der Waals surface area contributed by atoms with E-state index in [1.54, 1.807) is 25.5 Å². The van der Waals surface area contributed by atoms with Crippen LogP contribution in [-0.4, -0.2) is 53.6 Å². The van der Waals surface area contributed by atoms with Crippen molar-refractivity contribution in [1.29, 1.82) is 0 Å². The van der Waals surface area contributed by atoms with E-state index in [-0.39, 0.29) is 22.8 Å². The van der Waals surface area contributed by atoms with E-state index in [2.05, 4.69) is 15.5 Å². The maximum absolute atomic E-state index is 12.9. The lowest BCUT2D eigenvalue weighted by molar-refractivity contribution is 0.0949. The lowest BCUT2D eigenvalue weighted by Gasteiger charge is -2.20. The fourth-order valence-corrected chi connectivity index (χ4v) is 4.31. The number of nitrogens with one attached hydrogen (secondary N) is 2. The van der Waals surface area contributed by atoms with Crippen LogP contribution < -0.4 is 10.1 Å². The summed E-state index contributed by atoms with van der Waals surface area (Å²) in [7, 11) is -0.657. The zero-order chi connectivity index (χ0) is 20.2. The highest BCUT2D eigenvalue weighted by molar-refractivity contribution is 7.89. The average Bonchev–Trinajstić information content (AvgIpc) is 2.98. The van der Waals surface area contributed by atoms with Gasteiger partial charge < -0.3 is 14.6 Å². The van der Waals surface area contributed by atoms with E-state index in [1.165, 1.54) is 29.6 Å². The summed E-state index contributed by atoms with van der Waals surface area (Å²) in [6, 6.07) is 4.31. The Labute approximate surface area is 163 Å². The van der Waals surface area contributed by atoms with Gasteiger partial charge in [0.05, 0.1) is 13.7 Å². The molecule has 0 aliphatic heterocycles. The Morgan fingerprint density at radius 3 is 2.56 bits per heavy atom. The van der Waals surface area contributed by atoms with Crippen molar-refractivity contribution >= 4 is 28.1 Å². The summed E-state index contributed by atoms with van der Waals surface area (Å²) >= 11 is 5.03. The van der Waals surface area contributed by atoms with Gasteiger partial charge in [-0.15, -0.1) is 0 Å². The maximum Gasteiger partial charge on any atom is 0.251 e. The summed E-state index contributed by atoms with van der Waals surface area (Å²) in [5.41, 5.74) is 0.207. The van der Waals surface area contributed by atoms with Crippen LogP contribution in [0.15, 0.2) is 23.1 Å². The Hall–Kier alpha value is -2.24. The number of ether oxygens (including phenoxy) is 1. The molecule has 1 aromatic carbocycles. The van der Waals surface area contributed by atoms with E-state index in [9.17, 15) is 13.2 Å². The van der Waals surface area contributed by atoms with E-state index in [0.29, 0.717) is 23.7 Å². The van der Waals surface area contributed by atoms with Crippen molar-refractivity contribution in [3.05, 3.63) is 34.4 Å². The van der Waals surface area contributed by atoms with Gasteiger partial charge in [-0.2, -0.15) is 9.40 Å². The van der Waals surface area contributed by atoms with Gasteiger partial charge in [0.1, 0.15) is 10.6 Å².